The van der Waals surface area contributed by atoms with Crippen LogP contribution in [0.4, 0.5) is 9.59 Å². The van der Waals surface area contributed by atoms with Gasteiger partial charge in [-0.1, -0.05) is 71.9 Å². The van der Waals surface area contributed by atoms with E-state index in [2.05, 4.69) is 29.1 Å². The summed E-state index contributed by atoms with van der Waals surface area (Å²) in [7, 11) is 2.94. The molecule has 278 valence electrons. The van der Waals surface area contributed by atoms with Crippen molar-refractivity contribution in [3.8, 4) is 5.75 Å². The molecule has 0 saturated heterocycles. The minimum absolute atomic E-state index is 0.0111. The van der Waals surface area contributed by atoms with Crippen molar-refractivity contribution in [2.45, 2.75) is 91.5 Å². The van der Waals surface area contributed by atoms with E-state index in [4.69, 9.17) is 18.9 Å². The van der Waals surface area contributed by atoms with Gasteiger partial charge in [-0.25, -0.2) is 14.4 Å². The Balaban J connectivity index is 3.42. The predicted molar refractivity (Wildman–Crippen MR) is 192 cm³/mol. The van der Waals surface area contributed by atoms with Crippen LogP contribution in [-0.2, 0) is 35.0 Å². The van der Waals surface area contributed by atoms with Crippen LogP contribution in [0, 0.1) is 11.8 Å². The van der Waals surface area contributed by atoms with E-state index < -0.39 is 53.7 Å². The molecule has 0 aliphatic carbocycles. The van der Waals surface area contributed by atoms with E-state index in [0.29, 0.717) is 29.7 Å². The predicted octanol–water partition coefficient (Wildman–Crippen LogP) is 5.15. The van der Waals surface area contributed by atoms with Gasteiger partial charge in [-0.2, -0.15) is 0 Å². The van der Waals surface area contributed by atoms with Crippen molar-refractivity contribution in [1.29, 1.82) is 0 Å². The Bertz CT molecular complexity index is 1350. The number of rotatable bonds is 19. The normalized spacial score (nSPS) is 14.2. The first kappa shape index (κ1) is 43.2. The Morgan fingerprint density at radius 2 is 1.50 bits per heavy atom. The highest BCUT2D eigenvalue weighted by atomic mass is 16.6. The molecule has 1 aromatic carbocycles. The summed E-state index contributed by atoms with van der Waals surface area (Å²) in [4.78, 5) is 66.4. The Hall–Kier alpha value is -4.81. The lowest BCUT2D eigenvalue weighted by Crippen LogP contribution is -2.55. The topological polar surface area (TPSA) is 162 Å². The lowest BCUT2D eigenvalue weighted by molar-refractivity contribution is -0.148. The van der Waals surface area contributed by atoms with Gasteiger partial charge in [0.25, 0.3) is 0 Å². The maximum Gasteiger partial charge on any atom is 0.410 e. The zero-order chi connectivity index (χ0) is 38.0. The van der Waals surface area contributed by atoms with E-state index in [1.807, 2.05) is 27.7 Å². The standard InChI is InChI=1S/C37H56N4O9/c1-12-20-48-34(44)31(25(6)15-4)39-32(42)28(41(10)36(46)50-37(7,8)9)23-27-22-26(16-17-29(27)47-11)18-19-38-33(43)30(24(5)14-3)40-35(45)49-21-13-2/h12-13,16-19,22,24-25,28,30-31H,1-2,14-15,20-21,23H2,3-11H3,(H,38,43)(H,39,42)(H,40,45)/b19-18-/t24-,25-,28-,30-,31-/m0/s1. The molecule has 4 amide bonds. The van der Waals surface area contributed by atoms with Crippen molar-refractivity contribution in [3.63, 3.8) is 0 Å². The SMILES string of the molecule is C=CCOC(=O)N[C@H](C(=O)N/C=C\c1ccc(OC)c(C[C@@H](C(=O)N[C@H](C(=O)OCC=C)[C@@H](C)CC)N(C)C(=O)OC(C)(C)C)c1)[C@@H](C)CC. The molecular weight excluding hydrogens is 644 g/mol. The molecule has 5 atom stereocenters. The summed E-state index contributed by atoms with van der Waals surface area (Å²) in [5.41, 5.74) is 0.376. The number of hydrogen-bond donors (Lipinski definition) is 3. The Morgan fingerprint density at radius 1 is 0.900 bits per heavy atom. The van der Waals surface area contributed by atoms with E-state index >= 15 is 0 Å². The molecule has 0 spiro atoms. The first-order valence-electron chi connectivity index (χ1n) is 16.7. The Kier molecular flexibility index (Phi) is 18.4. The number of carbonyl (C=O) groups is 5. The maximum absolute atomic E-state index is 13.9. The number of nitrogens with one attached hydrogen (secondary N) is 3. The zero-order valence-electron chi connectivity index (χ0n) is 31.0. The molecule has 0 unspecified atom stereocenters. The number of amides is 4. The summed E-state index contributed by atoms with van der Waals surface area (Å²) >= 11 is 0. The van der Waals surface area contributed by atoms with Crippen molar-refractivity contribution < 1.29 is 42.9 Å². The lowest BCUT2D eigenvalue weighted by Gasteiger charge is -2.32. The molecule has 13 heteroatoms. The largest absolute Gasteiger partial charge is 0.496 e. The monoisotopic (exact) mass is 700 g/mol. The number of ether oxygens (including phenoxy) is 4. The minimum Gasteiger partial charge on any atom is -0.496 e. The number of likely N-dealkylation sites (N-methyl/N-ethyl adjacent to an activating group) is 1. The molecule has 0 aromatic heterocycles. The van der Waals surface area contributed by atoms with Crippen LogP contribution < -0.4 is 20.7 Å². The van der Waals surface area contributed by atoms with Gasteiger partial charge >= 0.3 is 18.2 Å². The summed E-state index contributed by atoms with van der Waals surface area (Å²) in [6, 6.07) is 2.27. The number of methoxy groups -OCH3 is 1. The second-order valence-corrected chi connectivity index (χ2v) is 12.9. The van der Waals surface area contributed by atoms with E-state index in [1.165, 1.54) is 37.4 Å². The van der Waals surface area contributed by atoms with Crippen LogP contribution in [0.5, 0.6) is 5.75 Å². The Labute approximate surface area is 296 Å². The molecule has 0 aliphatic rings. The molecule has 1 aromatic rings. The van der Waals surface area contributed by atoms with Crippen molar-refractivity contribution >= 4 is 36.0 Å². The number of alkyl carbamates (subject to hydrolysis) is 1. The molecule has 50 heavy (non-hydrogen) atoms. The summed E-state index contributed by atoms with van der Waals surface area (Å²) in [6.45, 7) is 19.7. The van der Waals surface area contributed by atoms with Gasteiger partial charge in [-0.15, -0.1) is 0 Å². The Morgan fingerprint density at radius 3 is 2.06 bits per heavy atom. The van der Waals surface area contributed by atoms with Gasteiger partial charge in [0.05, 0.1) is 7.11 Å². The van der Waals surface area contributed by atoms with Crippen molar-refractivity contribution in [2.24, 2.45) is 11.8 Å². The van der Waals surface area contributed by atoms with Gasteiger partial charge in [0.1, 0.15) is 42.7 Å². The molecule has 0 bridgehead atoms. The van der Waals surface area contributed by atoms with Crippen LogP contribution in [-0.4, -0.2) is 86.0 Å². The van der Waals surface area contributed by atoms with E-state index in [-0.39, 0.29) is 31.5 Å². The van der Waals surface area contributed by atoms with Crippen LogP contribution in [0.15, 0.2) is 49.7 Å². The molecular formula is C37H56N4O9. The van der Waals surface area contributed by atoms with Gasteiger partial charge in [-0.3, -0.25) is 14.5 Å². The second-order valence-electron chi connectivity index (χ2n) is 12.9. The molecule has 0 fully saturated rings. The fourth-order valence-corrected chi connectivity index (χ4v) is 4.60. The van der Waals surface area contributed by atoms with Gasteiger partial charge in [-0.05, 0) is 61.9 Å². The van der Waals surface area contributed by atoms with Gasteiger partial charge in [0, 0.05) is 19.7 Å². The summed E-state index contributed by atoms with van der Waals surface area (Å²) in [6.07, 6.45) is 5.69. The molecule has 0 radical (unpaired) electrons. The molecule has 0 heterocycles. The van der Waals surface area contributed by atoms with Crippen LogP contribution in [0.2, 0.25) is 0 Å². The number of nitrogens with zero attached hydrogens (tertiary/aromatic N) is 1. The molecule has 0 aliphatic heterocycles. The number of carbonyl (C=O) groups excluding carboxylic acids is 5. The van der Waals surface area contributed by atoms with Crippen molar-refractivity contribution in [1.82, 2.24) is 20.9 Å². The summed E-state index contributed by atoms with van der Waals surface area (Å²) in [5.74, 6) is -1.64. The fourth-order valence-electron chi connectivity index (χ4n) is 4.60. The fraction of sp³-hybridized carbons (Fsp3) is 0.541. The van der Waals surface area contributed by atoms with Crippen LogP contribution in [0.3, 0.4) is 0 Å². The highest BCUT2D eigenvalue weighted by molar-refractivity contribution is 5.90. The summed E-state index contributed by atoms with van der Waals surface area (Å²) < 4.78 is 21.4. The maximum atomic E-state index is 13.9. The third kappa shape index (κ3) is 14.4. The average molecular weight is 701 g/mol. The molecule has 3 N–H and O–H groups in total. The summed E-state index contributed by atoms with van der Waals surface area (Å²) in [5, 5.41) is 8.10. The quantitative estimate of drug-likeness (QED) is 0.101. The molecule has 13 nitrogen and oxygen atoms in total. The van der Waals surface area contributed by atoms with Gasteiger partial charge in [0.2, 0.25) is 11.8 Å². The highest BCUT2D eigenvalue weighted by Crippen LogP contribution is 2.25. The lowest BCUT2D eigenvalue weighted by atomic mass is 9.97. The second kappa shape index (κ2) is 21.3. The molecule has 0 saturated carbocycles. The number of benzene rings is 1. The molecule has 1 rings (SSSR count). The third-order valence-electron chi connectivity index (χ3n) is 7.88. The van der Waals surface area contributed by atoms with Crippen LogP contribution in [0.25, 0.3) is 6.08 Å². The van der Waals surface area contributed by atoms with E-state index in [0.717, 1.165) is 0 Å². The van der Waals surface area contributed by atoms with E-state index in [1.54, 1.807) is 45.0 Å². The third-order valence-corrected chi connectivity index (χ3v) is 7.88. The van der Waals surface area contributed by atoms with Crippen LogP contribution in [0.1, 0.15) is 72.4 Å². The zero-order valence-corrected chi connectivity index (χ0v) is 31.0. The first-order valence-corrected chi connectivity index (χ1v) is 16.7. The van der Waals surface area contributed by atoms with Crippen molar-refractivity contribution in [3.05, 3.63) is 60.8 Å². The van der Waals surface area contributed by atoms with Gasteiger partial charge < -0.3 is 34.9 Å². The van der Waals surface area contributed by atoms with E-state index in [9.17, 15) is 24.0 Å². The highest BCUT2D eigenvalue weighted by Gasteiger charge is 2.35. The van der Waals surface area contributed by atoms with Crippen LogP contribution >= 0.6 is 0 Å². The minimum atomic E-state index is -1.13. The van der Waals surface area contributed by atoms with Gasteiger partial charge in [0.15, 0.2) is 0 Å². The van der Waals surface area contributed by atoms with Crippen molar-refractivity contribution in [2.75, 3.05) is 27.4 Å². The first-order chi connectivity index (χ1) is 23.5. The number of esters is 1. The number of hydrogen-bond acceptors (Lipinski definition) is 9. The smallest absolute Gasteiger partial charge is 0.410 e. The average Bonchev–Trinajstić information content (AvgIpc) is 3.07.